The normalized spacial score (nSPS) is 15.3. The molecule has 6 rings (SSSR count). The minimum Gasteiger partial charge on any atom is -0.367 e. The molecule has 2 aliphatic carbocycles. The van der Waals surface area contributed by atoms with E-state index in [2.05, 4.69) is 26.3 Å². The van der Waals surface area contributed by atoms with Crippen LogP contribution in [0.2, 0.25) is 0 Å². The molecule has 0 spiro atoms. The Kier molecular flexibility index (Phi) is 5.40. The molecule has 7 heteroatoms. The van der Waals surface area contributed by atoms with Crippen molar-refractivity contribution in [1.29, 1.82) is 0 Å². The third-order valence-electron chi connectivity index (χ3n) is 6.62. The molecule has 1 N–H and O–H groups in total. The molecule has 4 aromatic rings. The van der Waals surface area contributed by atoms with E-state index < -0.39 is 0 Å². The number of halogens is 1. The van der Waals surface area contributed by atoms with Gasteiger partial charge < -0.3 is 10.2 Å². The summed E-state index contributed by atoms with van der Waals surface area (Å²) >= 11 is 0. The number of pyridine rings is 1. The van der Waals surface area contributed by atoms with Gasteiger partial charge in [-0.3, -0.25) is 9.78 Å². The summed E-state index contributed by atoms with van der Waals surface area (Å²) in [5.41, 5.74) is 3.82. The van der Waals surface area contributed by atoms with Gasteiger partial charge in [-0.05, 0) is 80.1 Å². The molecule has 1 amide bonds. The smallest absolute Gasteiger partial charge is 0.254 e. The van der Waals surface area contributed by atoms with E-state index in [-0.39, 0.29) is 24.3 Å². The Hall–Kier alpha value is -3.87. The zero-order valence-electron chi connectivity index (χ0n) is 19.5. The van der Waals surface area contributed by atoms with Crippen LogP contribution in [0.1, 0.15) is 47.4 Å². The van der Waals surface area contributed by atoms with Gasteiger partial charge in [0.05, 0.1) is 5.52 Å². The van der Waals surface area contributed by atoms with Crippen molar-refractivity contribution in [2.45, 2.75) is 51.2 Å². The summed E-state index contributed by atoms with van der Waals surface area (Å²) < 4.78 is 14.9. The first-order valence-electron chi connectivity index (χ1n) is 12.1. The molecule has 0 bridgehead atoms. The van der Waals surface area contributed by atoms with Crippen LogP contribution in [0.4, 0.5) is 10.2 Å². The zero-order valence-corrected chi connectivity index (χ0v) is 19.5. The van der Waals surface area contributed by atoms with E-state index in [0.29, 0.717) is 17.2 Å². The zero-order chi connectivity index (χ0) is 23.9. The van der Waals surface area contributed by atoms with E-state index in [1.165, 1.54) is 6.07 Å². The molecule has 0 atom stereocenters. The van der Waals surface area contributed by atoms with Crippen molar-refractivity contribution in [2.75, 3.05) is 5.32 Å². The molecule has 2 aromatic heterocycles. The number of hydrogen-bond donors (Lipinski definition) is 1. The number of amides is 1. The monoisotopic (exact) mass is 467 g/mol. The molecule has 2 aliphatic rings. The van der Waals surface area contributed by atoms with Gasteiger partial charge in [0, 0.05) is 47.5 Å². The lowest BCUT2D eigenvalue weighted by Crippen LogP contribution is -2.33. The van der Waals surface area contributed by atoms with Crippen LogP contribution in [0.25, 0.3) is 22.0 Å². The molecule has 176 valence electrons. The van der Waals surface area contributed by atoms with E-state index in [1.54, 1.807) is 35.5 Å². The maximum Gasteiger partial charge on any atom is 0.254 e. The average Bonchev–Trinajstić information content (AvgIpc) is 3.79. The van der Waals surface area contributed by atoms with Gasteiger partial charge in [0.1, 0.15) is 17.5 Å². The molecule has 0 aliphatic heterocycles. The van der Waals surface area contributed by atoms with Crippen molar-refractivity contribution in [3.8, 4) is 11.1 Å². The first-order chi connectivity index (χ1) is 17.0. The van der Waals surface area contributed by atoms with Crippen LogP contribution >= 0.6 is 0 Å². The summed E-state index contributed by atoms with van der Waals surface area (Å²) in [5, 5.41) is 4.47. The predicted molar refractivity (Wildman–Crippen MR) is 133 cm³/mol. The lowest BCUT2D eigenvalue weighted by molar-refractivity contribution is 0.0728. The highest BCUT2D eigenvalue weighted by molar-refractivity contribution is 5.95. The molecular weight excluding hydrogens is 441 g/mol. The Bertz CT molecular complexity index is 1420. The number of aryl methyl sites for hydroxylation is 1. The van der Waals surface area contributed by atoms with Crippen molar-refractivity contribution in [3.63, 3.8) is 0 Å². The molecule has 2 aromatic carbocycles. The second-order valence-electron chi connectivity index (χ2n) is 9.48. The van der Waals surface area contributed by atoms with E-state index in [0.717, 1.165) is 59.4 Å². The maximum absolute atomic E-state index is 14.9. The van der Waals surface area contributed by atoms with Crippen molar-refractivity contribution >= 4 is 22.6 Å². The largest absolute Gasteiger partial charge is 0.367 e. The van der Waals surface area contributed by atoms with Crippen LogP contribution in [0.15, 0.2) is 60.9 Å². The standard InChI is InChI=1S/C28H26FN5O/c1-17-31-26-9-3-20(15-24(26)27(32-17)33-22-4-5-22)19-2-8-25(29)21(14-19)16-34(23-6-7-23)28(35)18-10-12-30-13-11-18/h2-3,8-15,22-23H,4-7,16H2,1H3,(H,31,32,33). The van der Waals surface area contributed by atoms with Crippen LogP contribution in [-0.4, -0.2) is 37.8 Å². The van der Waals surface area contributed by atoms with E-state index in [1.807, 2.05) is 25.1 Å². The number of fused-ring (bicyclic) bond motifs is 1. The number of rotatable bonds is 7. The fraction of sp³-hybridized carbons (Fsp3) is 0.286. The molecule has 2 heterocycles. The highest BCUT2D eigenvalue weighted by Gasteiger charge is 2.33. The summed E-state index contributed by atoms with van der Waals surface area (Å²) in [7, 11) is 0. The van der Waals surface area contributed by atoms with E-state index in [9.17, 15) is 9.18 Å². The number of carbonyl (C=O) groups is 1. The Morgan fingerprint density at radius 3 is 2.49 bits per heavy atom. The van der Waals surface area contributed by atoms with Crippen molar-refractivity contribution in [1.82, 2.24) is 19.9 Å². The number of anilines is 1. The Balaban J connectivity index is 1.33. The summed E-state index contributed by atoms with van der Waals surface area (Å²) in [6, 6.07) is 15.2. The third kappa shape index (κ3) is 4.58. The van der Waals surface area contributed by atoms with Crippen molar-refractivity contribution < 1.29 is 9.18 Å². The van der Waals surface area contributed by atoms with Crippen LogP contribution in [0.5, 0.6) is 0 Å². The fourth-order valence-corrected chi connectivity index (χ4v) is 4.43. The van der Waals surface area contributed by atoms with E-state index in [4.69, 9.17) is 0 Å². The molecule has 0 unspecified atom stereocenters. The number of hydrogen-bond acceptors (Lipinski definition) is 5. The number of benzene rings is 2. The average molecular weight is 468 g/mol. The Labute approximate surface area is 203 Å². The molecule has 2 fully saturated rings. The highest BCUT2D eigenvalue weighted by atomic mass is 19.1. The van der Waals surface area contributed by atoms with Crippen LogP contribution < -0.4 is 5.32 Å². The van der Waals surface area contributed by atoms with Gasteiger partial charge in [0.25, 0.3) is 5.91 Å². The number of nitrogens with one attached hydrogen (secondary N) is 1. The second kappa shape index (κ2) is 8.73. The van der Waals surface area contributed by atoms with Gasteiger partial charge in [0.2, 0.25) is 0 Å². The quantitative estimate of drug-likeness (QED) is 0.388. The minimum absolute atomic E-state index is 0.0891. The maximum atomic E-state index is 14.9. The molecule has 2 saturated carbocycles. The molecule has 0 radical (unpaired) electrons. The van der Waals surface area contributed by atoms with Gasteiger partial charge >= 0.3 is 0 Å². The number of aromatic nitrogens is 3. The Morgan fingerprint density at radius 1 is 1.00 bits per heavy atom. The number of nitrogens with zero attached hydrogens (tertiary/aromatic N) is 4. The third-order valence-corrected chi connectivity index (χ3v) is 6.62. The van der Waals surface area contributed by atoms with Gasteiger partial charge in [0.15, 0.2) is 0 Å². The predicted octanol–water partition coefficient (Wildman–Crippen LogP) is 5.52. The summed E-state index contributed by atoms with van der Waals surface area (Å²) in [6.45, 7) is 2.13. The Morgan fingerprint density at radius 2 is 1.74 bits per heavy atom. The van der Waals surface area contributed by atoms with Crippen molar-refractivity contribution in [3.05, 3.63) is 83.7 Å². The summed E-state index contributed by atoms with van der Waals surface area (Å²) in [4.78, 5) is 28.2. The second-order valence-corrected chi connectivity index (χ2v) is 9.48. The lowest BCUT2D eigenvalue weighted by atomic mass is 10.0. The fourth-order valence-electron chi connectivity index (χ4n) is 4.43. The van der Waals surface area contributed by atoms with Gasteiger partial charge in [-0.25, -0.2) is 14.4 Å². The SMILES string of the molecule is Cc1nc(NC2CC2)c2cc(-c3ccc(F)c(CN(C(=O)c4ccncc4)C4CC4)c3)ccc2n1. The van der Waals surface area contributed by atoms with Crippen LogP contribution in [0, 0.1) is 12.7 Å². The van der Waals surface area contributed by atoms with Crippen LogP contribution in [-0.2, 0) is 6.54 Å². The van der Waals surface area contributed by atoms with Crippen molar-refractivity contribution in [2.24, 2.45) is 0 Å². The van der Waals surface area contributed by atoms with Gasteiger partial charge in [-0.2, -0.15) is 0 Å². The lowest BCUT2D eigenvalue weighted by Gasteiger charge is -2.23. The summed E-state index contributed by atoms with van der Waals surface area (Å²) in [5.74, 6) is 1.19. The van der Waals surface area contributed by atoms with Gasteiger partial charge in [-0.1, -0.05) is 12.1 Å². The first kappa shape index (κ1) is 21.6. The molecule has 6 nitrogen and oxygen atoms in total. The minimum atomic E-state index is -0.308. The summed E-state index contributed by atoms with van der Waals surface area (Å²) in [6.07, 6.45) is 7.41. The first-order valence-corrected chi connectivity index (χ1v) is 12.1. The number of carbonyl (C=O) groups excluding carboxylic acids is 1. The van der Waals surface area contributed by atoms with E-state index >= 15 is 0 Å². The highest BCUT2D eigenvalue weighted by Crippen LogP contribution is 2.33. The van der Waals surface area contributed by atoms with Gasteiger partial charge in [-0.15, -0.1) is 0 Å². The molecule has 0 saturated heterocycles. The van der Waals surface area contributed by atoms with Crippen LogP contribution in [0.3, 0.4) is 0 Å². The molecular formula is C28H26FN5O. The topological polar surface area (TPSA) is 71.0 Å². The molecule has 35 heavy (non-hydrogen) atoms.